The molecule has 124 valence electrons. The summed E-state index contributed by atoms with van der Waals surface area (Å²) in [5.41, 5.74) is 0.954. The van der Waals surface area contributed by atoms with Crippen molar-refractivity contribution >= 4 is 27.9 Å². The minimum Gasteiger partial charge on any atom is -0.503 e. The summed E-state index contributed by atoms with van der Waals surface area (Å²) in [6.45, 7) is 3.73. The molecule has 1 aliphatic heterocycles. The highest BCUT2D eigenvalue weighted by atomic mass is 79.9. The number of carbonyl (C=O) groups is 2. The Morgan fingerprint density at radius 3 is 2.65 bits per heavy atom. The average molecular weight is 385 g/mol. The van der Waals surface area contributed by atoms with Crippen molar-refractivity contribution in [2.45, 2.75) is 19.9 Å². The van der Waals surface area contributed by atoms with Gasteiger partial charge in [0.25, 0.3) is 0 Å². The number of nitrogens with zero attached hydrogens (tertiary/aromatic N) is 1. The largest absolute Gasteiger partial charge is 0.503 e. The summed E-state index contributed by atoms with van der Waals surface area (Å²) in [6.07, 6.45) is 0. The number of carbonyl (C=O) groups excluding carboxylic acids is 1. The van der Waals surface area contributed by atoms with Gasteiger partial charge in [0.15, 0.2) is 11.5 Å². The molecule has 0 aromatic heterocycles. The number of amides is 2. The molecule has 1 heterocycles. The number of carboxylic acids is 1. The molecular weight excluding hydrogens is 368 g/mol. The maximum atomic E-state index is 12.2. The van der Waals surface area contributed by atoms with Crippen LogP contribution in [0.4, 0.5) is 4.79 Å². The smallest absolute Gasteiger partial charge is 0.335 e. The molecule has 8 heteroatoms. The number of phenols is 1. The summed E-state index contributed by atoms with van der Waals surface area (Å²) in [7, 11) is 1.39. The van der Waals surface area contributed by atoms with Gasteiger partial charge in [-0.05, 0) is 47.5 Å². The van der Waals surface area contributed by atoms with Crippen LogP contribution in [0.5, 0.6) is 11.5 Å². The quantitative estimate of drug-likeness (QED) is 0.740. The van der Waals surface area contributed by atoms with Crippen molar-refractivity contribution < 1.29 is 24.5 Å². The zero-order valence-corrected chi connectivity index (χ0v) is 14.5. The Hall–Kier alpha value is -2.22. The van der Waals surface area contributed by atoms with E-state index in [9.17, 15) is 19.8 Å². The Labute approximate surface area is 141 Å². The van der Waals surface area contributed by atoms with E-state index >= 15 is 0 Å². The molecule has 1 atom stereocenters. The second-order valence-electron chi connectivity index (χ2n) is 4.98. The van der Waals surface area contributed by atoms with Crippen molar-refractivity contribution in [3.8, 4) is 11.5 Å². The van der Waals surface area contributed by atoms with E-state index in [2.05, 4.69) is 21.2 Å². The number of halogens is 1. The van der Waals surface area contributed by atoms with Gasteiger partial charge < -0.3 is 20.3 Å². The van der Waals surface area contributed by atoms with Crippen LogP contribution in [-0.2, 0) is 4.79 Å². The summed E-state index contributed by atoms with van der Waals surface area (Å²) in [5.74, 6) is -1.02. The van der Waals surface area contributed by atoms with Crippen LogP contribution >= 0.6 is 15.9 Å². The van der Waals surface area contributed by atoms with Gasteiger partial charge in [-0.1, -0.05) is 0 Å². The topological polar surface area (TPSA) is 99.1 Å². The van der Waals surface area contributed by atoms with Crippen molar-refractivity contribution in [3.05, 3.63) is 33.4 Å². The molecule has 3 N–H and O–H groups in total. The molecule has 1 aromatic carbocycles. The first-order valence-electron chi connectivity index (χ1n) is 6.90. The lowest BCUT2D eigenvalue weighted by molar-refractivity contribution is -0.133. The minimum absolute atomic E-state index is 0.0751. The molecule has 0 fully saturated rings. The third kappa shape index (κ3) is 2.98. The third-order valence-electron chi connectivity index (χ3n) is 3.75. The lowest BCUT2D eigenvalue weighted by Crippen LogP contribution is -2.47. The van der Waals surface area contributed by atoms with Crippen molar-refractivity contribution in [3.63, 3.8) is 0 Å². The Kier molecular flexibility index (Phi) is 4.84. The number of benzene rings is 1. The summed E-state index contributed by atoms with van der Waals surface area (Å²) >= 11 is 3.20. The maximum Gasteiger partial charge on any atom is 0.335 e. The number of rotatable bonds is 4. The lowest BCUT2D eigenvalue weighted by atomic mass is 9.94. The van der Waals surface area contributed by atoms with Gasteiger partial charge in [0.05, 0.1) is 23.2 Å². The van der Waals surface area contributed by atoms with Crippen LogP contribution in [0.2, 0.25) is 0 Å². The fourth-order valence-electron chi connectivity index (χ4n) is 2.61. The van der Waals surface area contributed by atoms with Gasteiger partial charge in [-0.2, -0.15) is 0 Å². The number of hydrogen-bond donors (Lipinski definition) is 3. The fourth-order valence-corrected chi connectivity index (χ4v) is 3.06. The molecule has 7 nitrogen and oxygen atoms in total. The van der Waals surface area contributed by atoms with E-state index in [0.717, 1.165) is 0 Å². The standard InChI is InChI=1S/C15H17BrN2O5/c1-4-18-7(2)11(14(20)21)12(17-15(18)22)8-5-9(16)13(19)10(6-8)23-3/h5-6,12,19H,4H2,1-3H3,(H,17,22)(H,20,21). The number of aliphatic carboxylic acids is 1. The number of aromatic hydroxyl groups is 1. The highest BCUT2D eigenvalue weighted by Gasteiger charge is 2.35. The van der Waals surface area contributed by atoms with E-state index in [1.165, 1.54) is 18.1 Å². The number of nitrogens with one attached hydrogen (secondary N) is 1. The van der Waals surface area contributed by atoms with Crippen LogP contribution in [0.1, 0.15) is 25.5 Å². The molecule has 23 heavy (non-hydrogen) atoms. The van der Waals surface area contributed by atoms with Crippen LogP contribution in [-0.4, -0.2) is 40.8 Å². The van der Waals surface area contributed by atoms with Gasteiger partial charge >= 0.3 is 12.0 Å². The first-order valence-corrected chi connectivity index (χ1v) is 7.69. The molecule has 0 bridgehead atoms. The number of urea groups is 1. The monoisotopic (exact) mass is 384 g/mol. The fraction of sp³-hybridized carbons (Fsp3) is 0.333. The lowest BCUT2D eigenvalue weighted by Gasteiger charge is -2.34. The SMILES string of the molecule is CCN1C(=O)NC(c2cc(Br)c(O)c(OC)c2)C(C(=O)O)=C1C. The Morgan fingerprint density at radius 1 is 1.48 bits per heavy atom. The molecular formula is C15H17BrN2O5. The van der Waals surface area contributed by atoms with Gasteiger partial charge in [-0.3, -0.25) is 4.90 Å². The van der Waals surface area contributed by atoms with E-state index in [1.54, 1.807) is 19.9 Å². The molecule has 2 rings (SSSR count). The van der Waals surface area contributed by atoms with E-state index in [1.807, 2.05) is 0 Å². The Morgan fingerprint density at radius 2 is 2.13 bits per heavy atom. The number of hydrogen-bond acceptors (Lipinski definition) is 4. The molecule has 0 saturated heterocycles. The first-order chi connectivity index (χ1) is 10.8. The van der Waals surface area contributed by atoms with Crippen LogP contribution in [0.3, 0.4) is 0 Å². The third-order valence-corrected chi connectivity index (χ3v) is 4.35. The molecule has 0 spiro atoms. The van der Waals surface area contributed by atoms with Crippen molar-refractivity contribution in [1.29, 1.82) is 0 Å². The average Bonchev–Trinajstić information content (AvgIpc) is 2.49. The second-order valence-corrected chi connectivity index (χ2v) is 5.84. The molecule has 0 aliphatic carbocycles. The van der Waals surface area contributed by atoms with Gasteiger partial charge in [-0.25, -0.2) is 9.59 Å². The van der Waals surface area contributed by atoms with E-state index in [4.69, 9.17) is 4.74 Å². The van der Waals surface area contributed by atoms with E-state index in [-0.39, 0.29) is 23.1 Å². The molecule has 1 aromatic rings. The van der Waals surface area contributed by atoms with E-state index < -0.39 is 12.0 Å². The highest BCUT2D eigenvalue weighted by Crippen LogP contribution is 2.39. The van der Waals surface area contributed by atoms with Crippen molar-refractivity contribution in [2.24, 2.45) is 0 Å². The first kappa shape index (κ1) is 17.1. The molecule has 2 amide bonds. The summed E-state index contributed by atoms with van der Waals surface area (Å²) < 4.78 is 5.43. The van der Waals surface area contributed by atoms with Gasteiger partial charge in [0.1, 0.15) is 0 Å². The number of methoxy groups -OCH3 is 1. The zero-order valence-electron chi connectivity index (χ0n) is 12.9. The van der Waals surface area contributed by atoms with Crippen molar-refractivity contribution in [2.75, 3.05) is 13.7 Å². The second kappa shape index (κ2) is 6.49. The van der Waals surface area contributed by atoms with Crippen molar-refractivity contribution in [1.82, 2.24) is 10.2 Å². The minimum atomic E-state index is -1.12. The summed E-state index contributed by atoms with van der Waals surface area (Å²) in [5, 5.41) is 22.1. The van der Waals surface area contributed by atoms with Gasteiger partial charge in [0.2, 0.25) is 0 Å². The number of allylic oxidation sites excluding steroid dienone is 1. The maximum absolute atomic E-state index is 12.2. The van der Waals surface area contributed by atoms with Crippen LogP contribution in [0.25, 0.3) is 0 Å². The van der Waals surface area contributed by atoms with Crippen LogP contribution < -0.4 is 10.1 Å². The molecule has 0 saturated carbocycles. The van der Waals surface area contributed by atoms with E-state index in [0.29, 0.717) is 22.3 Å². The number of phenolic OH excluding ortho intramolecular Hbond substituents is 1. The summed E-state index contributed by atoms with van der Waals surface area (Å²) in [4.78, 5) is 25.3. The Balaban J connectivity index is 2.62. The number of ether oxygens (including phenoxy) is 1. The molecule has 1 unspecified atom stereocenters. The molecule has 0 radical (unpaired) electrons. The normalized spacial score (nSPS) is 18.0. The van der Waals surface area contributed by atoms with Gasteiger partial charge in [-0.15, -0.1) is 0 Å². The predicted octanol–water partition coefficient (Wildman–Crippen LogP) is 2.61. The predicted molar refractivity (Wildman–Crippen MR) is 86.3 cm³/mol. The Bertz CT molecular complexity index is 701. The summed E-state index contributed by atoms with van der Waals surface area (Å²) in [6, 6.07) is 1.85. The highest BCUT2D eigenvalue weighted by molar-refractivity contribution is 9.10. The van der Waals surface area contributed by atoms with Crippen LogP contribution in [0.15, 0.2) is 27.9 Å². The van der Waals surface area contributed by atoms with Gasteiger partial charge in [0, 0.05) is 12.2 Å². The molecule has 1 aliphatic rings. The number of carboxylic acid groups (broad SMARTS) is 1. The van der Waals surface area contributed by atoms with Crippen LogP contribution in [0, 0.1) is 0 Å². The zero-order chi connectivity index (χ0) is 17.3.